The number of carboxylic acid groups (broad SMARTS) is 1. The molecular weight excluding hydrogens is 285 g/mol. The number of nitrogens with zero attached hydrogens (tertiary/aromatic N) is 1. The maximum absolute atomic E-state index is 13.6. The molecule has 1 aromatic rings. The van der Waals surface area contributed by atoms with E-state index < -0.39 is 34.0 Å². The number of urea groups is 1. The lowest BCUT2D eigenvalue weighted by Gasteiger charge is -2.24. The molecule has 0 aliphatic carbocycles. The van der Waals surface area contributed by atoms with Crippen LogP contribution in [0, 0.1) is 15.9 Å². The Morgan fingerprint density at radius 2 is 2.05 bits per heavy atom. The van der Waals surface area contributed by atoms with Gasteiger partial charge in [-0.2, -0.15) is 0 Å². The second-order valence-electron chi connectivity index (χ2n) is 4.95. The Hall–Kier alpha value is -2.71. The number of amides is 2. The molecule has 0 atom stereocenters. The number of nitrogens with one attached hydrogen (secondary N) is 2. The van der Waals surface area contributed by atoms with Gasteiger partial charge >= 0.3 is 12.0 Å². The molecule has 0 saturated carbocycles. The number of carbonyl (C=O) groups is 2. The Morgan fingerprint density at radius 3 is 2.52 bits per heavy atom. The van der Waals surface area contributed by atoms with Crippen molar-refractivity contribution in [1.82, 2.24) is 5.32 Å². The van der Waals surface area contributed by atoms with Crippen LogP contribution in [-0.4, -0.2) is 27.6 Å². The van der Waals surface area contributed by atoms with Crippen molar-refractivity contribution in [3.8, 4) is 0 Å². The Bertz CT molecular complexity index is 588. The van der Waals surface area contributed by atoms with Crippen LogP contribution < -0.4 is 10.6 Å². The number of benzene rings is 1. The lowest BCUT2D eigenvalue weighted by atomic mass is 10.0. The quantitative estimate of drug-likeness (QED) is 0.567. The van der Waals surface area contributed by atoms with Crippen LogP contribution in [0.15, 0.2) is 18.2 Å². The highest BCUT2D eigenvalue weighted by molar-refractivity contribution is 5.90. The normalized spacial score (nSPS) is 10.8. The summed E-state index contributed by atoms with van der Waals surface area (Å²) in [5.74, 6) is -2.06. The lowest BCUT2D eigenvalue weighted by molar-refractivity contribution is -0.385. The Labute approximate surface area is 119 Å². The summed E-state index contributed by atoms with van der Waals surface area (Å²) in [6.45, 7) is 2.99. The van der Waals surface area contributed by atoms with Gasteiger partial charge in [-0.25, -0.2) is 9.18 Å². The molecule has 8 nitrogen and oxygen atoms in total. The van der Waals surface area contributed by atoms with Gasteiger partial charge in [0.25, 0.3) is 5.69 Å². The zero-order chi connectivity index (χ0) is 16.2. The maximum atomic E-state index is 13.6. The van der Waals surface area contributed by atoms with Crippen LogP contribution in [0.1, 0.15) is 20.3 Å². The molecule has 0 heterocycles. The van der Waals surface area contributed by atoms with Crippen molar-refractivity contribution < 1.29 is 24.0 Å². The minimum atomic E-state index is -1.10. The highest BCUT2D eigenvalue weighted by atomic mass is 19.1. The fraction of sp³-hybridized carbons (Fsp3) is 0.333. The Kier molecular flexibility index (Phi) is 4.79. The zero-order valence-corrected chi connectivity index (χ0v) is 11.3. The molecule has 0 radical (unpaired) electrons. The number of aliphatic carboxylic acids is 1. The van der Waals surface area contributed by atoms with E-state index >= 15 is 0 Å². The third-order valence-corrected chi connectivity index (χ3v) is 2.46. The van der Waals surface area contributed by atoms with Crippen molar-refractivity contribution in [3.63, 3.8) is 0 Å². The molecule has 0 fully saturated rings. The van der Waals surface area contributed by atoms with Gasteiger partial charge in [-0.3, -0.25) is 14.9 Å². The Morgan fingerprint density at radius 1 is 1.43 bits per heavy atom. The minimum Gasteiger partial charge on any atom is -0.481 e. The van der Waals surface area contributed by atoms with E-state index in [-0.39, 0.29) is 12.1 Å². The van der Waals surface area contributed by atoms with Gasteiger partial charge in [-0.05, 0) is 19.9 Å². The van der Waals surface area contributed by atoms with Crippen LogP contribution in [-0.2, 0) is 4.79 Å². The predicted molar refractivity (Wildman–Crippen MR) is 71.5 cm³/mol. The van der Waals surface area contributed by atoms with E-state index in [0.29, 0.717) is 6.07 Å². The predicted octanol–water partition coefficient (Wildman–Crippen LogP) is 2.11. The van der Waals surface area contributed by atoms with Crippen molar-refractivity contribution in [3.05, 3.63) is 34.1 Å². The van der Waals surface area contributed by atoms with Crippen LogP contribution in [0.5, 0.6) is 0 Å². The number of anilines is 1. The topological polar surface area (TPSA) is 122 Å². The van der Waals surface area contributed by atoms with E-state index in [4.69, 9.17) is 5.11 Å². The lowest BCUT2D eigenvalue weighted by Crippen LogP contribution is -2.46. The molecule has 0 saturated heterocycles. The first-order valence-corrected chi connectivity index (χ1v) is 5.85. The zero-order valence-electron chi connectivity index (χ0n) is 11.3. The van der Waals surface area contributed by atoms with Crippen molar-refractivity contribution in [1.29, 1.82) is 0 Å². The molecule has 1 aromatic carbocycles. The SMILES string of the molecule is CC(C)(CC(=O)O)NC(=O)Nc1ccc([N+](=O)[O-])cc1F. The van der Waals surface area contributed by atoms with Crippen molar-refractivity contribution in [2.24, 2.45) is 0 Å². The van der Waals surface area contributed by atoms with Crippen LogP contribution >= 0.6 is 0 Å². The van der Waals surface area contributed by atoms with Crippen LogP contribution in [0.25, 0.3) is 0 Å². The number of carbonyl (C=O) groups excluding carboxylic acids is 1. The number of rotatable bonds is 5. The third-order valence-electron chi connectivity index (χ3n) is 2.46. The number of non-ortho nitro benzene ring substituents is 1. The van der Waals surface area contributed by atoms with E-state index in [2.05, 4.69) is 10.6 Å². The van der Waals surface area contributed by atoms with Gasteiger partial charge in [0, 0.05) is 11.6 Å². The average molecular weight is 299 g/mol. The van der Waals surface area contributed by atoms with Gasteiger partial charge in [0.05, 0.1) is 23.1 Å². The molecule has 21 heavy (non-hydrogen) atoms. The fourth-order valence-corrected chi connectivity index (χ4v) is 1.60. The molecule has 2 amide bonds. The molecule has 1 rings (SSSR count). The van der Waals surface area contributed by atoms with Crippen molar-refractivity contribution in [2.45, 2.75) is 25.8 Å². The molecule has 0 aliphatic rings. The number of carboxylic acids is 1. The fourth-order valence-electron chi connectivity index (χ4n) is 1.60. The van der Waals surface area contributed by atoms with E-state index in [0.717, 1.165) is 12.1 Å². The van der Waals surface area contributed by atoms with E-state index in [1.165, 1.54) is 13.8 Å². The summed E-state index contributed by atoms with van der Waals surface area (Å²) in [5, 5.41) is 23.7. The smallest absolute Gasteiger partial charge is 0.319 e. The number of nitro groups is 1. The number of halogens is 1. The molecule has 0 aromatic heterocycles. The van der Waals surface area contributed by atoms with Gasteiger partial charge in [0.2, 0.25) is 0 Å². The average Bonchev–Trinajstić information content (AvgIpc) is 2.28. The summed E-state index contributed by atoms with van der Waals surface area (Å²) in [7, 11) is 0. The summed E-state index contributed by atoms with van der Waals surface area (Å²) in [6, 6.07) is 1.96. The summed E-state index contributed by atoms with van der Waals surface area (Å²) in [6.07, 6.45) is -0.316. The second-order valence-corrected chi connectivity index (χ2v) is 4.95. The first kappa shape index (κ1) is 16.3. The third kappa shape index (κ3) is 5.05. The summed E-state index contributed by atoms with van der Waals surface area (Å²) in [4.78, 5) is 32.0. The Balaban J connectivity index is 2.75. The summed E-state index contributed by atoms with van der Waals surface area (Å²) in [5.41, 5.74) is -1.72. The molecule has 0 aliphatic heterocycles. The van der Waals surface area contributed by atoms with E-state index in [9.17, 15) is 24.1 Å². The molecule has 3 N–H and O–H groups in total. The number of nitro benzene ring substituents is 1. The molecule has 9 heteroatoms. The van der Waals surface area contributed by atoms with E-state index in [1.54, 1.807) is 0 Å². The standard InChI is InChI=1S/C12H14FN3O5/c1-12(2,6-10(17)18)15-11(19)14-9-4-3-7(16(20)21)5-8(9)13/h3-5H,6H2,1-2H3,(H,17,18)(H2,14,15,19). The van der Waals surface area contributed by atoms with Gasteiger partial charge in [0.15, 0.2) is 5.82 Å². The highest BCUT2D eigenvalue weighted by Crippen LogP contribution is 2.20. The second kappa shape index (κ2) is 6.16. The molecule has 114 valence electrons. The monoisotopic (exact) mass is 299 g/mol. The van der Waals surface area contributed by atoms with Gasteiger partial charge in [-0.1, -0.05) is 0 Å². The molecule has 0 spiro atoms. The molecule has 0 unspecified atom stereocenters. The summed E-state index contributed by atoms with van der Waals surface area (Å²) < 4.78 is 13.6. The first-order chi connectivity index (χ1) is 9.60. The van der Waals surface area contributed by atoms with Crippen LogP contribution in [0.4, 0.5) is 20.6 Å². The van der Waals surface area contributed by atoms with Crippen LogP contribution in [0.2, 0.25) is 0 Å². The largest absolute Gasteiger partial charge is 0.481 e. The number of hydrogen-bond donors (Lipinski definition) is 3. The summed E-state index contributed by atoms with van der Waals surface area (Å²) >= 11 is 0. The van der Waals surface area contributed by atoms with Crippen LogP contribution in [0.3, 0.4) is 0 Å². The maximum Gasteiger partial charge on any atom is 0.319 e. The first-order valence-electron chi connectivity index (χ1n) is 5.85. The highest BCUT2D eigenvalue weighted by Gasteiger charge is 2.24. The van der Waals surface area contributed by atoms with Crippen molar-refractivity contribution in [2.75, 3.05) is 5.32 Å². The molecule has 0 bridgehead atoms. The van der Waals surface area contributed by atoms with E-state index in [1.807, 2.05) is 0 Å². The molecular formula is C12H14FN3O5. The van der Waals surface area contributed by atoms with Gasteiger partial charge < -0.3 is 15.7 Å². The van der Waals surface area contributed by atoms with Crippen molar-refractivity contribution >= 4 is 23.4 Å². The van der Waals surface area contributed by atoms with Gasteiger partial charge in [0.1, 0.15) is 0 Å². The number of hydrogen-bond acceptors (Lipinski definition) is 4. The van der Waals surface area contributed by atoms with Gasteiger partial charge in [-0.15, -0.1) is 0 Å². The minimum absolute atomic E-state index is 0.246.